The van der Waals surface area contributed by atoms with Crippen LogP contribution in [0.15, 0.2) is 30.3 Å². The van der Waals surface area contributed by atoms with E-state index in [2.05, 4.69) is 0 Å². The lowest BCUT2D eigenvalue weighted by Gasteiger charge is -2.16. The first kappa shape index (κ1) is 19.4. The minimum atomic E-state index is -0.455. The molecule has 1 heterocycles. The zero-order valence-corrected chi connectivity index (χ0v) is 15.8. The highest BCUT2D eigenvalue weighted by atomic mass is 16.5. The summed E-state index contributed by atoms with van der Waals surface area (Å²) in [5.41, 5.74) is 2.61. The van der Waals surface area contributed by atoms with E-state index in [-0.39, 0.29) is 24.8 Å². The van der Waals surface area contributed by atoms with Crippen LogP contribution >= 0.6 is 0 Å². The highest BCUT2D eigenvalue weighted by Gasteiger charge is 2.26. The lowest BCUT2D eigenvalue weighted by Crippen LogP contribution is -2.32. The molecule has 0 fully saturated rings. The molecule has 0 aliphatic heterocycles. The molecule has 1 amide bonds. The maximum absolute atomic E-state index is 12.8. The van der Waals surface area contributed by atoms with Crippen LogP contribution in [0.5, 0.6) is 0 Å². The van der Waals surface area contributed by atoms with E-state index >= 15 is 0 Å². The highest BCUT2D eigenvalue weighted by Crippen LogP contribution is 2.23. The zero-order valence-electron chi connectivity index (χ0n) is 15.8. The Hall–Kier alpha value is -2.89. The van der Waals surface area contributed by atoms with Crippen LogP contribution in [0, 0.1) is 13.8 Å². The fourth-order valence-corrected chi connectivity index (χ4v) is 3.04. The van der Waals surface area contributed by atoms with Gasteiger partial charge in [0.1, 0.15) is 5.69 Å². The Morgan fingerprint density at radius 1 is 1.12 bits per heavy atom. The standard InChI is InChI=1S/C20H24N2O4/c1-6-26-20(25)18-13(2)17(14(3)22(18)5)16(23)12-21(4)19(24)15-10-8-7-9-11-15/h7-11H,6,12H2,1-5H3. The zero-order chi connectivity index (χ0) is 19.4. The summed E-state index contributed by atoms with van der Waals surface area (Å²) in [6, 6.07) is 8.80. The molecular formula is C20H24N2O4. The molecule has 1 aromatic carbocycles. The van der Waals surface area contributed by atoms with Gasteiger partial charge >= 0.3 is 5.97 Å². The van der Waals surface area contributed by atoms with Gasteiger partial charge in [-0.2, -0.15) is 0 Å². The average molecular weight is 356 g/mol. The van der Waals surface area contributed by atoms with Gasteiger partial charge in [0.25, 0.3) is 5.91 Å². The first-order chi connectivity index (χ1) is 12.3. The van der Waals surface area contributed by atoms with Crippen molar-refractivity contribution in [2.24, 2.45) is 7.05 Å². The normalized spacial score (nSPS) is 10.5. The molecule has 138 valence electrons. The molecular weight excluding hydrogens is 332 g/mol. The topological polar surface area (TPSA) is 68.6 Å². The van der Waals surface area contributed by atoms with Crippen LogP contribution in [0.25, 0.3) is 0 Å². The number of carbonyl (C=O) groups is 3. The van der Waals surface area contributed by atoms with Crippen molar-refractivity contribution in [1.82, 2.24) is 9.47 Å². The predicted molar refractivity (Wildman–Crippen MR) is 98.6 cm³/mol. The van der Waals surface area contributed by atoms with Crippen molar-refractivity contribution in [1.29, 1.82) is 0 Å². The van der Waals surface area contributed by atoms with Crippen LogP contribution in [0.4, 0.5) is 0 Å². The Balaban J connectivity index is 2.26. The second kappa shape index (κ2) is 7.99. The number of aromatic nitrogens is 1. The van der Waals surface area contributed by atoms with Gasteiger partial charge in [-0.25, -0.2) is 4.79 Å². The van der Waals surface area contributed by atoms with Gasteiger partial charge in [0.05, 0.1) is 13.2 Å². The van der Waals surface area contributed by atoms with Crippen LogP contribution in [0.2, 0.25) is 0 Å². The molecule has 0 aliphatic rings. The molecule has 6 nitrogen and oxygen atoms in total. The fourth-order valence-electron chi connectivity index (χ4n) is 3.04. The van der Waals surface area contributed by atoms with Crippen molar-refractivity contribution in [2.75, 3.05) is 20.2 Å². The van der Waals surface area contributed by atoms with E-state index in [1.165, 1.54) is 4.90 Å². The number of likely N-dealkylation sites (N-methyl/N-ethyl adjacent to an activating group) is 1. The van der Waals surface area contributed by atoms with E-state index < -0.39 is 5.97 Å². The van der Waals surface area contributed by atoms with Crippen LogP contribution in [0.1, 0.15) is 49.4 Å². The number of esters is 1. The molecule has 1 aromatic heterocycles. The molecule has 0 N–H and O–H groups in total. The Kier molecular flexibility index (Phi) is 5.97. The van der Waals surface area contributed by atoms with E-state index in [1.807, 2.05) is 6.07 Å². The molecule has 2 rings (SSSR count). The molecule has 0 radical (unpaired) electrons. The molecule has 0 unspecified atom stereocenters. The number of carbonyl (C=O) groups excluding carboxylic acids is 3. The third-order valence-electron chi connectivity index (χ3n) is 4.43. The maximum Gasteiger partial charge on any atom is 0.355 e. The summed E-state index contributed by atoms with van der Waals surface area (Å²) in [4.78, 5) is 38.8. The summed E-state index contributed by atoms with van der Waals surface area (Å²) < 4.78 is 6.75. The quantitative estimate of drug-likeness (QED) is 0.589. The summed E-state index contributed by atoms with van der Waals surface area (Å²) in [5, 5.41) is 0. The predicted octanol–water partition coefficient (Wildman–Crippen LogP) is 2.77. The lowest BCUT2D eigenvalue weighted by atomic mass is 10.0. The van der Waals surface area contributed by atoms with Crippen molar-refractivity contribution in [3.05, 3.63) is 58.4 Å². The van der Waals surface area contributed by atoms with Gasteiger partial charge in [0.2, 0.25) is 0 Å². The molecule has 0 aliphatic carbocycles. The van der Waals surface area contributed by atoms with E-state index in [9.17, 15) is 14.4 Å². The number of benzene rings is 1. The first-order valence-electron chi connectivity index (χ1n) is 8.46. The number of hydrogen-bond donors (Lipinski definition) is 0. The van der Waals surface area contributed by atoms with Crippen LogP contribution in [0.3, 0.4) is 0 Å². The third-order valence-corrected chi connectivity index (χ3v) is 4.43. The summed E-state index contributed by atoms with van der Waals surface area (Å²) in [5.74, 6) is -0.892. The van der Waals surface area contributed by atoms with E-state index in [1.54, 1.807) is 63.7 Å². The summed E-state index contributed by atoms with van der Waals surface area (Å²) in [7, 11) is 3.32. The minimum absolute atomic E-state index is 0.0678. The Morgan fingerprint density at radius 3 is 2.31 bits per heavy atom. The van der Waals surface area contributed by atoms with Gasteiger partial charge in [-0.15, -0.1) is 0 Å². The maximum atomic E-state index is 12.8. The monoisotopic (exact) mass is 356 g/mol. The Labute approximate surface area is 153 Å². The molecule has 0 atom stereocenters. The van der Waals surface area contributed by atoms with Crippen LogP contribution in [-0.2, 0) is 11.8 Å². The molecule has 0 saturated carbocycles. The Morgan fingerprint density at radius 2 is 1.73 bits per heavy atom. The fraction of sp³-hybridized carbons (Fsp3) is 0.350. The van der Waals surface area contributed by atoms with Gasteiger partial charge in [-0.1, -0.05) is 18.2 Å². The average Bonchev–Trinajstić information content (AvgIpc) is 2.84. The largest absolute Gasteiger partial charge is 0.461 e. The number of rotatable bonds is 6. The first-order valence-corrected chi connectivity index (χ1v) is 8.46. The minimum Gasteiger partial charge on any atom is -0.461 e. The molecule has 0 saturated heterocycles. The second-order valence-corrected chi connectivity index (χ2v) is 6.16. The molecule has 0 bridgehead atoms. The number of ether oxygens (including phenoxy) is 1. The van der Waals surface area contributed by atoms with E-state index in [0.717, 1.165) is 0 Å². The lowest BCUT2D eigenvalue weighted by molar-refractivity contribution is 0.0514. The Bertz CT molecular complexity index is 837. The van der Waals surface area contributed by atoms with Gasteiger partial charge < -0.3 is 14.2 Å². The smallest absolute Gasteiger partial charge is 0.355 e. The van der Waals surface area contributed by atoms with Crippen molar-refractivity contribution in [3.63, 3.8) is 0 Å². The molecule has 6 heteroatoms. The highest BCUT2D eigenvalue weighted by molar-refractivity contribution is 6.05. The SMILES string of the molecule is CCOC(=O)c1c(C)c(C(=O)CN(C)C(=O)c2ccccc2)c(C)n1C. The second-order valence-electron chi connectivity index (χ2n) is 6.16. The number of hydrogen-bond acceptors (Lipinski definition) is 4. The number of Topliss-reactive ketones (excluding diaryl/α,β-unsaturated/α-hetero) is 1. The van der Waals surface area contributed by atoms with Gasteiger partial charge in [-0.05, 0) is 38.5 Å². The van der Waals surface area contributed by atoms with Crippen LogP contribution < -0.4 is 0 Å². The van der Waals surface area contributed by atoms with Gasteiger partial charge in [0, 0.05) is 30.9 Å². The van der Waals surface area contributed by atoms with Crippen molar-refractivity contribution < 1.29 is 19.1 Å². The van der Waals surface area contributed by atoms with E-state index in [0.29, 0.717) is 28.1 Å². The summed E-state index contributed by atoms with van der Waals surface area (Å²) >= 11 is 0. The number of amides is 1. The number of nitrogens with zero attached hydrogens (tertiary/aromatic N) is 2. The third kappa shape index (κ3) is 3.69. The molecule has 26 heavy (non-hydrogen) atoms. The summed E-state index contributed by atoms with van der Waals surface area (Å²) in [6.07, 6.45) is 0. The van der Waals surface area contributed by atoms with Crippen molar-refractivity contribution in [3.8, 4) is 0 Å². The molecule has 0 spiro atoms. The van der Waals surface area contributed by atoms with Crippen molar-refractivity contribution in [2.45, 2.75) is 20.8 Å². The van der Waals surface area contributed by atoms with Crippen molar-refractivity contribution >= 4 is 17.7 Å². The van der Waals surface area contributed by atoms with E-state index in [4.69, 9.17) is 4.74 Å². The molecule has 2 aromatic rings. The van der Waals surface area contributed by atoms with Gasteiger partial charge in [0.15, 0.2) is 5.78 Å². The van der Waals surface area contributed by atoms with Crippen LogP contribution in [-0.4, -0.2) is 47.3 Å². The number of ketones is 1. The van der Waals surface area contributed by atoms with Gasteiger partial charge in [-0.3, -0.25) is 9.59 Å². The summed E-state index contributed by atoms with van der Waals surface area (Å²) in [6.45, 7) is 5.44.